The molecule has 0 heterocycles. The van der Waals surface area contributed by atoms with Gasteiger partial charge >= 0.3 is 41.8 Å². The second-order valence-electron chi connectivity index (χ2n) is 21.9. The molecule has 532 valence electrons. The van der Waals surface area contributed by atoms with Crippen LogP contribution >= 0.6 is 0 Å². The molecule has 0 aliphatic heterocycles. The Hall–Kier alpha value is -9.65. The third-order valence-electron chi connectivity index (χ3n) is 11.8. The van der Waals surface area contributed by atoms with E-state index in [1.165, 1.54) is 5.56 Å². The number of carbonyl (C=O) groups is 7. The molecule has 2 unspecified atom stereocenters. The third-order valence-corrected chi connectivity index (χ3v) is 11.8. The molecule has 0 amide bonds. The van der Waals surface area contributed by atoms with Crippen molar-refractivity contribution in [2.75, 3.05) is 92.5 Å². The topological polar surface area (TPSA) is 289 Å². The van der Waals surface area contributed by atoms with Crippen molar-refractivity contribution in [3.63, 3.8) is 0 Å². The van der Waals surface area contributed by atoms with Crippen molar-refractivity contribution in [3.8, 4) is 23.0 Å². The summed E-state index contributed by atoms with van der Waals surface area (Å²) in [6.07, 6.45) is 6.01. The maximum absolute atomic E-state index is 11.0. The van der Waals surface area contributed by atoms with Gasteiger partial charge in [0.15, 0.2) is 0 Å². The average molecular weight is 1360 g/mol. The Labute approximate surface area is 570 Å². The Morgan fingerprint density at radius 2 is 0.619 bits per heavy atom. The molecule has 4 aromatic rings. The normalized spacial score (nSPS) is 11.0. The molecule has 0 aliphatic rings. The van der Waals surface area contributed by atoms with Crippen molar-refractivity contribution in [1.29, 1.82) is 0 Å². The number of hydrogen-bond acceptors (Lipinski definition) is 23. The lowest BCUT2D eigenvalue weighted by Crippen LogP contribution is -2.41. The molecule has 0 aromatic heterocycles. The fourth-order valence-corrected chi connectivity index (χ4v) is 6.82. The van der Waals surface area contributed by atoms with Crippen LogP contribution in [0.3, 0.4) is 0 Å². The lowest BCUT2D eigenvalue weighted by atomic mass is 9.87. The van der Waals surface area contributed by atoms with Gasteiger partial charge in [0.05, 0.1) is 19.8 Å². The van der Waals surface area contributed by atoms with E-state index in [-0.39, 0.29) is 96.5 Å². The first-order chi connectivity index (χ1) is 46.0. The predicted octanol–water partition coefficient (Wildman–Crippen LogP) is 10.4. The molecule has 0 saturated carbocycles. The van der Waals surface area contributed by atoms with E-state index >= 15 is 0 Å². The second kappa shape index (κ2) is 50.7. The summed E-state index contributed by atoms with van der Waals surface area (Å²) < 4.78 is 71.9. The minimum Gasteiger partial charge on any atom is -0.491 e. The number of benzene rings is 4. The maximum Gasteiger partial charge on any atom is 0.330 e. The number of rotatable bonds is 38. The van der Waals surface area contributed by atoms with Crippen molar-refractivity contribution in [2.45, 2.75) is 97.7 Å². The quantitative estimate of drug-likeness (QED) is 0.0139. The summed E-state index contributed by atoms with van der Waals surface area (Å²) in [5.74, 6) is -2.29. The van der Waals surface area contributed by atoms with Gasteiger partial charge in [-0.3, -0.25) is 0 Å². The monoisotopic (exact) mass is 1350 g/mol. The highest BCUT2D eigenvalue weighted by Gasteiger charge is 2.32. The van der Waals surface area contributed by atoms with Gasteiger partial charge in [-0.1, -0.05) is 143 Å². The second-order valence-corrected chi connectivity index (χ2v) is 21.9. The van der Waals surface area contributed by atoms with Crippen LogP contribution in [-0.4, -0.2) is 163 Å². The number of esters is 7. The van der Waals surface area contributed by atoms with Gasteiger partial charge in [-0.2, -0.15) is 0 Å². The van der Waals surface area contributed by atoms with E-state index in [1.54, 1.807) is 13.0 Å². The highest BCUT2D eigenvalue weighted by Crippen LogP contribution is 2.27. The third kappa shape index (κ3) is 44.6. The Morgan fingerprint density at radius 1 is 0.361 bits per heavy atom. The molecular weight excluding hydrogens is 1260 g/mol. The maximum atomic E-state index is 11.0. The highest BCUT2D eigenvalue weighted by atomic mass is 16.9. The molecule has 4 aromatic carbocycles. The van der Waals surface area contributed by atoms with E-state index in [1.807, 2.05) is 98.8 Å². The Morgan fingerprint density at radius 3 is 0.897 bits per heavy atom. The zero-order chi connectivity index (χ0) is 73.1. The lowest BCUT2D eigenvalue weighted by molar-refractivity contribution is -0.385. The van der Waals surface area contributed by atoms with E-state index in [4.69, 9.17) is 61.6 Å². The number of aliphatic hydroxyl groups excluding tert-OH is 2. The largest absolute Gasteiger partial charge is 0.491 e. The molecule has 0 spiro atoms. The fraction of sp³-hybridized carbons (Fsp3) is 0.392. The molecule has 0 bridgehead atoms. The summed E-state index contributed by atoms with van der Waals surface area (Å²) in [5, 5.41) is 19.1. The minimum absolute atomic E-state index is 0.0215. The van der Waals surface area contributed by atoms with Crippen LogP contribution in [0.25, 0.3) is 0 Å². The molecule has 23 heteroatoms. The Kier molecular flexibility index (Phi) is 45.7. The van der Waals surface area contributed by atoms with Gasteiger partial charge in [-0.15, -0.1) is 0 Å². The van der Waals surface area contributed by atoms with E-state index in [9.17, 15) is 43.8 Å². The molecule has 4 rings (SSSR count). The number of hydrogen-bond donors (Lipinski definition) is 2. The fourth-order valence-electron chi connectivity index (χ4n) is 6.82. The molecule has 0 fully saturated rings. The first-order valence-electron chi connectivity index (χ1n) is 30.7. The van der Waals surface area contributed by atoms with Crippen molar-refractivity contribution in [3.05, 3.63) is 208 Å². The van der Waals surface area contributed by atoms with Crippen LogP contribution in [0.1, 0.15) is 77.1 Å². The van der Waals surface area contributed by atoms with Crippen LogP contribution in [0.15, 0.2) is 186 Å². The molecule has 0 saturated heterocycles. The van der Waals surface area contributed by atoms with Crippen molar-refractivity contribution in [2.24, 2.45) is 0 Å². The molecule has 23 nitrogen and oxygen atoms in total. The number of carbonyl (C=O) groups excluding carboxylic acids is 7. The summed E-state index contributed by atoms with van der Waals surface area (Å²) >= 11 is 0. The van der Waals surface area contributed by atoms with Crippen molar-refractivity contribution >= 4 is 41.8 Å². The van der Waals surface area contributed by atoms with Crippen LogP contribution in [-0.2, 0) is 91.8 Å². The minimum atomic E-state index is -1.50. The smallest absolute Gasteiger partial charge is 0.330 e. The molecule has 2 N–H and O–H groups in total. The lowest BCUT2D eigenvalue weighted by Gasteiger charge is -2.32. The average Bonchev–Trinajstić information content (AvgIpc) is 1.02. The summed E-state index contributed by atoms with van der Waals surface area (Å²) in [7, 11) is 0. The standard InChI is InChI=1S/C18H26O9.C16H22O4.C15H20O3.C13H16O4.C12H14O3/c1-5-15(19)22-9-12-25-18(8-4,26-13-10-23-16(20)6-2)27-14-11-24-17(21)7-3;1-5-15(18)20-11-13(17)10-19-14-8-6-7-12(9-14)16(2,3)4;1-5-14(16)18-10-9-17-13-8-6-7-12(11-13)15(2,3)4;1-3-13(15)17-9-11(14)8-16-12-6-4-5-10(2)7-12;1-3-12(13)15-8-7-14-11-6-4-5-10(2)9-11/h5-7H,1-3,8-14H2,4H3;5-9,13,17H,1,10-11H2,2-4H3;5-8,11H,1,9-10H2,2-4H3;3-7,11,14H,1,8-9H2,2H3;3-6,9H,1,7-8H2,2H3. The summed E-state index contributed by atoms with van der Waals surface area (Å²) in [6.45, 7) is 42.4. The van der Waals surface area contributed by atoms with Crippen LogP contribution in [0, 0.1) is 13.8 Å². The van der Waals surface area contributed by atoms with E-state index in [2.05, 4.69) is 98.4 Å². The van der Waals surface area contributed by atoms with Gasteiger partial charge in [-0.25, -0.2) is 33.6 Å². The van der Waals surface area contributed by atoms with Crippen LogP contribution < -0.4 is 18.9 Å². The van der Waals surface area contributed by atoms with Gasteiger partial charge in [-0.05, 0) is 95.5 Å². The van der Waals surface area contributed by atoms with Gasteiger partial charge in [0, 0.05) is 49.0 Å². The molecule has 97 heavy (non-hydrogen) atoms. The Balaban J connectivity index is 0.00000120. The number of aryl methyl sites for hydroxylation is 2. The first-order valence-corrected chi connectivity index (χ1v) is 30.7. The predicted molar refractivity (Wildman–Crippen MR) is 366 cm³/mol. The van der Waals surface area contributed by atoms with E-state index in [0.717, 1.165) is 70.7 Å². The summed E-state index contributed by atoms with van der Waals surface area (Å²) in [6, 6.07) is 30.9. The van der Waals surface area contributed by atoms with Crippen molar-refractivity contribution < 1.29 is 110 Å². The molecular formula is C74H98O23. The van der Waals surface area contributed by atoms with Crippen LogP contribution in [0.4, 0.5) is 0 Å². The molecule has 0 aliphatic carbocycles. The van der Waals surface area contributed by atoms with Gasteiger partial charge < -0.3 is 76.5 Å². The zero-order valence-electron chi connectivity index (χ0n) is 57.5. The van der Waals surface area contributed by atoms with Crippen LogP contribution in [0.2, 0.25) is 0 Å². The van der Waals surface area contributed by atoms with E-state index in [0.29, 0.717) is 24.7 Å². The summed E-state index contributed by atoms with van der Waals surface area (Å²) in [5.41, 5.74) is 4.71. The van der Waals surface area contributed by atoms with E-state index < -0.39 is 60.0 Å². The summed E-state index contributed by atoms with van der Waals surface area (Å²) in [4.78, 5) is 76.2. The SMILES string of the molecule is C=CC(=O)OCC(O)COc1cccc(C(C)(C)C)c1.C=CC(=O)OCC(O)COc1cccc(C)c1.C=CC(=O)OCCOC(CC)(OCCOC(=O)C=C)OCCOC(=O)C=C.C=CC(=O)OCCOc1cccc(C(C)(C)C)c1.C=CC(=O)OCCOc1cccc(C)c1. The van der Waals surface area contributed by atoms with Gasteiger partial charge in [0.2, 0.25) is 0 Å². The number of aliphatic hydroxyl groups is 2. The van der Waals surface area contributed by atoms with Crippen LogP contribution in [0.5, 0.6) is 23.0 Å². The zero-order valence-corrected chi connectivity index (χ0v) is 57.5. The highest BCUT2D eigenvalue weighted by molar-refractivity contribution is 5.83. The van der Waals surface area contributed by atoms with Crippen molar-refractivity contribution in [1.82, 2.24) is 0 Å². The van der Waals surface area contributed by atoms with Gasteiger partial charge in [0.25, 0.3) is 5.97 Å². The number of ether oxygens (including phenoxy) is 14. The molecule has 0 radical (unpaired) electrons. The Bertz CT molecular complexity index is 2990. The molecule has 2 atom stereocenters. The van der Waals surface area contributed by atoms with Gasteiger partial charge in [0.1, 0.15) is 108 Å². The first kappa shape index (κ1) is 87.3.